The van der Waals surface area contributed by atoms with Gasteiger partial charge < -0.3 is 48.3 Å². The summed E-state index contributed by atoms with van der Waals surface area (Å²) >= 11 is 0. The Morgan fingerprint density at radius 2 is 1.59 bits per heavy atom. The molecular formula is C48H73NO14. The number of amides is 1. The summed E-state index contributed by atoms with van der Waals surface area (Å²) in [7, 11) is 4.65. The van der Waals surface area contributed by atoms with Gasteiger partial charge in [0.15, 0.2) is 11.9 Å². The van der Waals surface area contributed by atoms with Gasteiger partial charge in [-0.2, -0.15) is 0 Å². The van der Waals surface area contributed by atoms with Crippen LogP contribution in [0.15, 0.2) is 36.0 Å². The van der Waals surface area contributed by atoms with Crippen molar-refractivity contribution in [2.45, 2.75) is 172 Å². The second kappa shape index (κ2) is 22.7. The molecule has 4 fully saturated rings. The number of rotatable bonds is 9. The van der Waals surface area contributed by atoms with E-state index in [1.807, 2.05) is 32.9 Å². The molecule has 0 radical (unpaired) electrons. The number of carbonyl (C=O) groups excluding carboxylic acids is 5. The van der Waals surface area contributed by atoms with Gasteiger partial charge in [-0.25, -0.2) is 9.59 Å². The minimum absolute atomic E-state index is 0.0209. The number of fused-ring (bicyclic) bond motifs is 3. The average molecular weight is 888 g/mol. The Balaban J connectivity index is 1.50. The molecule has 4 heterocycles. The number of cyclic esters (lactones) is 2. The Kier molecular flexibility index (Phi) is 18.3. The van der Waals surface area contributed by atoms with E-state index in [0.717, 1.165) is 0 Å². The van der Waals surface area contributed by atoms with Gasteiger partial charge in [0.25, 0.3) is 11.7 Å². The molecule has 2 N–H and O–H groups in total. The third-order valence-electron chi connectivity index (χ3n) is 14.1. The van der Waals surface area contributed by atoms with E-state index in [2.05, 4.69) is 6.58 Å². The number of hydrogen-bond acceptors (Lipinski definition) is 14. The summed E-state index contributed by atoms with van der Waals surface area (Å²) in [6.07, 6.45) is 4.96. The Labute approximate surface area is 373 Å². The lowest BCUT2D eigenvalue weighted by Gasteiger charge is -2.47. The number of nitrogens with zero attached hydrogens (tertiary/aromatic N) is 1. The molecule has 2 bridgehead atoms. The van der Waals surface area contributed by atoms with E-state index in [-0.39, 0.29) is 67.5 Å². The van der Waals surface area contributed by atoms with E-state index in [4.69, 9.17) is 33.2 Å². The SMILES string of the molecule is C=CCC1=CC(C)C[C@H](C)C[C@H](OC)C2O[C@@](O)(C(=O)C(=O)N3CCCC[C@H]3C(=O)O[C@H](C(C)=C[C@@H]3CC[C@@H](OC4CCOC4=O)[C@H](OC)C3)[C@H](C)[C@@H](O)CC1=O)[C@H](C)C[C@@H]2OC. The quantitative estimate of drug-likeness (QED) is 0.179. The van der Waals surface area contributed by atoms with E-state index in [1.54, 1.807) is 27.0 Å². The molecule has 5 aliphatic rings. The fraction of sp³-hybridized carbons (Fsp3) is 0.771. The van der Waals surface area contributed by atoms with Gasteiger partial charge in [-0.3, -0.25) is 14.4 Å². The Bertz CT molecular complexity index is 1700. The number of methoxy groups -OCH3 is 3. The van der Waals surface area contributed by atoms with E-state index < -0.39 is 77.9 Å². The van der Waals surface area contributed by atoms with E-state index in [0.29, 0.717) is 75.5 Å². The van der Waals surface area contributed by atoms with Crippen LogP contribution in [0.4, 0.5) is 0 Å². The summed E-state index contributed by atoms with van der Waals surface area (Å²) < 4.78 is 41.4. The number of ether oxygens (including phenoxy) is 7. The lowest BCUT2D eigenvalue weighted by molar-refractivity contribution is -0.302. The van der Waals surface area contributed by atoms with Gasteiger partial charge in [-0.1, -0.05) is 45.9 Å². The molecule has 354 valence electrons. The molecule has 3 unspecified atom stereocenters. The normalized spacial score (nSPS) is 39.7. The number of Topliss-reactive ketones (excluding diaryl/α,β-unsaturated/α-hetero) is 2. The van der Waals surface area contributed by atoms with Crippen LogP contribution in [0.25, 0.3) is 0 Å². The molecule has 5 rings (SSSR count). The van der Waals surface area contributed by atoms with Crippen LogP contribution in [0.3, 0.4) is 0 Å². The average Bonchev–Trinajstić information content (AvgIpc) is 3.67. The first kappa shape index (κ1) is 50.7. The number of hydrogen-bond donors (Lipinski definition) is 2. The number of ketones is 2. The summed E-state index contributed by atoms with van der Waals surface area (Å²) in [5, 5.41) is 23.9. The smallest absolute Gasteiger partial charge is 0.335 e. The number of esters is 2. The van der Waals surface area contributed by atoms with Crippen molar-refractivity contribution in [1.29, 1.82) is 0 Å². The highest BCUT2D eigenvalue weighted by Gasteiger charge is 2.56. The second-order valence-corrected chi connectivity index (χ2v) is 18.8. The molecule has 15 nitrogen and oxygen atoms in total. The lowest BCUT2D eigenvalue weighted by Crippen LogP contribution is -2.64. The molecule has 3 saturated heterocycles. The number of aliphatic hydroxyl groups excluding tert-OH is 1. The third-order valence-corrected chi connectivity index (χ3v) is 14.1. The van der Waals surface area contributed by atoms with Crippen molar-refractivity contribution in [3.63, 3.8) is 0 Å². The van der Waals surface area contributed by atoms with Gasteiger partial charge >= 0.3 is 11.9 Å². The predicted octanol–water partition coefficient (Wildman–Crippen LogP) is 4.98. The van der Waals surface area contributed by atoms with Crippen LogP contribution in [-0.4, -0.2) is 140 Å². The molecule has 1 saturated carbocycles. The Morgan fingerprint density at radius 1 is 0.889 bits per heavy atom. The molecular weight excluding hydrogens is 815 g/mol. The molecule has 0 aromatic carbocycles. The Morgan fingerprint density at radius 3 is 2.24 bits per heavy atom. The van der Waals surface area contributed by atoms with E-state index in [9.17, 15) is 34.2 Å². The molecule has 4 aliphatic heterocycles. The highest BCUT2D eigenvalue weighted by atomic mass is 16.7. The first-order chi connectivity index (χ1) is 29.9. The van der Waals surface area contributed by atoms with E-state index in [1.165, 1.54) is 19.1 Å². The van der Waals surface area contributed by atoms with Gasteiger partial charge in [0.1, 0.15) is 18.2 Å². The monoisotopic (exact) mass is 888 g/mol. The first-order valence-electron chi connectivity index (χ1n) is 23.0. The topological polar surface area (TPSA) is 194 Å². The minimum atomic E-state index is -2.53. The summed E-state index contributed by atoms with van der Waals surface area (Å²) in [4.78, 5) is 70.5. The van der Waals surface area contributed by atoms with Gasteiger partial charge in [0.05, 0.1) is 37.1 Å². The van der Waals surface area contributed by atoms with Crippen molar-refractivity contribution in [1.82, 2.24) is 4.90 Å². The zero-order chi connectivity index (χ0) is 46.2. The Hall–Kier alpha value is -3.31. The van der Waals surface area contributed by atoms with Crippen LogP contribution in [-0.2, 0) is 57.1 Å². The zero-order valence-electron chi connectivity index (χ0n) is 38.7. The first-order valence-corrected chi connectivity index (χ1v) is 23.0. The predicted molar refractivity (Wildman–Crippen MR) is 231 cm³/mol. The van der Waals surface area contributed by atoms with Crippen LogP contribution in [0.2, 0.25) is 0 Å². The van der Waals surface area contributed by atoms with Gasteiger partial charge in [0.2, 0.25) is 5.79 Å². The third kappa shape index (κ3) is 12.1. The highest BCUT2D eigenvalue weighted by molar-refractivity contribution is 6.39. The molecule has 15 heteroatoms. The number of carbonyl (C=O) groups is 5. The van der Waals surface area contributed by atoms with Crippen molar-refractivity contribution >= 4 is 29.4 Å². The summed E-state index contributed by atoms with van der Waals surface area (Å²) in [6, 6.07) is -1.17. The lowest BCUT2D eigenvalue weighted by atomic mass is 9.81. The van der Waals surface area contributed by atoms with Gasteiger partial charge in [-0.05, 0) is 100 Å². The van der Waals surface area contributed by atoms with Crippen molar-refractivity contribution in [3.05, 3.63) is 36.0 Å². The van der Waals surface area contributed by atoms with Crippen molar-refractivity contribution in [2.75, 3.05) is 34.5 Å². The second-order valence-electron chi connectivity index (χ2n) is 18.8. The highest BCUT2D eigenvalue weighted by Crippen LogP contribution is 2.39. The minimum Gasteiger partial charge on any atom is -0.464 e. The van der Waals surface area contributed by atoms with Crippen molar-refractivity contribution in [3.8, 4) is 0 Å². The number of aliphatic hydroxyl groups is 2. The van der Waals surface area contributed by atoms with Crippen molar-refractivity contribution in [2.24, 2.45) is 29.6 Å². The maximum absolute atomic E-state index is 14.5. The van der Waals surface area contributed by atoms with Crippen LogP contribution in [0, 0.1) is 29.6 Å². The van der Waals surface area contributed by atoms with Gasteiger partial charge in [-0.15, -0.1) is 6.58 Å². The molecule has 63 heavy (non-hydrogen) atoms. The number of allylic oxidation sites excluding steroid dienone is 4. The van der Waals surface area contributed by atoms with Crippen LogP contribution < -0.4 is 0 Å². The molecule has 1 aliphatic carbocycles. The largest absolute Gasteiger partial charge is 0.464 e. The molecule has 15 atom stereocenters. The standard InChI is InChI=1S/C48H73NO14/c1-10-13-33-21-27(2)20-28(3)22-40(58-8)43-41(59-9)24-30(5)48(56,63-43)44(52)45(53)49-18-12-11-14-34(49)46(54)62-42(31(6)35(50)26-36(33)51)29(4)23-32-15-16-37(39(25-32)57-7)61-38-17-19-60-47(38)55/h10,21,23,27-28,30-32,34-35,37-43,50,56H,1,11-20,22,24-26H2,2-9H3/t27?,28-,30+,31+,32-,34-,35-,37+,38?,39+,40-,41-,42+,43?,48+/m0/s1. The van der Waals surface area contributed by atoms with E-state index >= 15 is 0 Å². The van der Waals surface area contributed by atoms with Crippen molar-refractivity contribution < 1.29 is 67.3 Å². The number of piperidine rings is 1. The maximum Gasteiger partial charge on any atom is 0.335 e. The molecule has 1 amide bonds. The fourth-order valence-electron chi connectivity index (χ4n) is 10.4. The molecule has 0 aromatic heterocycles. The van der Waals surface area contributed by atoms with Crippen LogP contribution in [0.1, 0.15) is 112 Å². The van der Waals surface area contributed by atoms with Gasteiger partial charge in [0, 0.05) is 52.6 Å². The molecule has 0 spiro atoms. The zero-order valence-corrected chi connectivity index (χ0v) is 38.7. The summed E-state index contributed by atoms with van der Waals surface area (Å²) in [5.74, 6) is -7.86. The van der Waals surface area contributed by atoms with Crippen LogP contribution in [0.5, 0.6) is 0 Å². The summed E-state index contributed by atoms with van der Waals surface area (Å²) in [5.41, 5.74) is 1.16. The van der Waals surface area contributed by atoms with Crippen LogP contribution >= 0.6 is 0 Å². The molecule has 0 aromatic rings. The fourth-order valence-corrected chi connectivity index (χ4v) is 10.4. The maximum atomic E-state index is 14.5. The summed E-state index contributed by atoms with van der Waals surface area (Å²) in [6.45, 7) is 13.5.